The van der Waals surface area contributed by atoms with E-state index in [4.69, 9.17) is 10.5 Å². The fourth-order valence-electron chi connectivity index (χ4n) is 3.65. The summed E-state index contributed by atoms with van der Waals surface area (Å²) in [5, 5.41) is 3.46. The van der Waals surface area contributed by atoms with Gasteiger partial charge in [-0.05, 0) is 44.1 Å². The van der Waals surface area contributed by atoms with Gasteiger partial charge in [0.1, 0.15) is 5.75 Å². The molecule has 1 unspecified atom stereocenters. The highest BCUT2D eigenvalue weighted by atomic mass is 16.5. The highest BCUT2D eigenvalue weighted by molar-refractivity contribution is 5.80. The lowest BCUT2D eigenvalue weighted by molar-refractivity contribution is -0.119. The predicted molar refractivity (Wildman–Crippen MR) is 103 cm³/mol. The quantitative estimate of drug-likeness (QED) is 0.604. The number of piperidine rings is 1. The van der Waals surface area contributed by atoms with Crippen LogP contribution < -0.4 is 15.8 Å². The molecule has 0 spiro atoms. The maximum Gasteiger partial charge on any atom is 0.217 e. The number of amides is 1. The lowest BCUT2D eigenvalue weighted by atomic mass is 9.95. The van der Waals surface area contributed by atoms with Crippen LogP contribution in [-0.2, 0) is 11.3 Å². The topological polar surface area (TPSA) is 80.0 Å². The number of hydrogen-bond acceptors (Lipinski definition) is 3. The molecule has 3 rings (SSSR count). The van der Waals surface area contributed by atoms with Crippen LogP contribution in [0.15, 0.2) is 29.3 Å². The van der Waals surface area contributed by atoms with Crippen LogP contribution in [0.5, 0.6) is 5.75 Å². The number of likely N-dealkylation sites (tertiary alicyclic amines) is 1. The van der Waals surface area contributed by atoms with Gasteiger partial charge in [-0.15, -0.1) is 0 Å². The first-order chi connectivity index (χ1) is 12.7. The van der Waals surface area contributed by atoms with Crippen molar-refractivity contribution < 1.29 is 9.53 Å². The lowest BCUT2D eigenvalue weighted by Crippen LogP contribution is -2.47. The minimum atomic E-state index is -0.220. The van der Waals surface area contributed by atoms with E-state index in [1.165, 1.54) is 6.42 Å². The molecule has 1 amide bonds. The molecule has 1 heterocycles. The molecule has 6 nitrogen and oxygen atoms in total. The number of hydrogen-bond donors (Lipinski definition) is 2. The number of nitrogens with zero attached hydrogens (tertiary/aromatic N) is 2. The average molecular weight is 358 g/mol. The Balaban J connectivity index is 1.58. The van der Waals surface area contributed by atoms with Gasteiger partial charge in [-0.1, -0.05) is 18.2 Å². The van der Waals surface area contributed by atoms with E-state index in [9.17, 15) is 4.79 Å². The standard InChI is InChI=1S/C20H30N4O2/c1-22-20(24-11-5-6-15(14-24)12-19(21)25)23-13-16-7-2-3-10-18(16)26-17-8-4-9-17/h2-3,7,10,15,17H,4-6,8-9,11-14H2,1H3,(H2,21,25)(H,22,23). The van der Waals surface area contributed by atoms with Gasteiger partial charge in [0.25, 0.3) is 0 Å². The lowest BCUT2D eigenvalue weighted by Gasteiger charge is -2.34. The van der Waals surface area contributed by atoms with Gasteiger partial charge in [0.15, 0.2) is 5.96 Å². The third kappa shape index (κ3) is 4.90. The van der Waals surface area contributed by atoms with Crippen molar-refractivity contribution in [3.05, 3.63) is 29.8 Å². The monoisotopic (exact) mass is 358 g/mol. The molecule has 142 valence electrons. The number of carbonyl (C=O) groups is 1. The summed E-state index contributed by atoms with van der Waals surface area (Å²) in [4.78, 5) is 17.9. The van der Waals surface area contributed by atoms with E-state index in [0.29, 0.717) is 25.0 Å². The van der Waals surface area contributed by atoms with Crippen LogP contribution in [0.1, 0.15) is 44.1 Å². The summed E-state index contributed by atoms with van der Waals surface area (Å²) >= 11 is 0. The number of guanidine groups is 1. The van der Waals surface area contributed by atoms with Crippen molar-refractivity contribution in [1.82, 2.24) is 10.2 Å². The number of primary amides is 1. The van der Waals surface area contributed by atoms with E-state index in [0.717, 1.165) is 56.0 Å². The van der Waals surface area contributed by atoms with Crippen LogP contribution in [0, 0.1) is 5.92 Å². The van der Waals surface area contributed by atoms with Crippen LogP contribution >= 0.6 is 0 Å². The van der Waals surface area contributed by atoms with Crippen molar-refractivity contribution in [2.45, 2.75) is 51.2 Å². The van der Waals surface area contributed by atoms with Crippen LogP contribution in [0.4, 0.5) is 0 Å². The normalized spacial score (nSPS) is 21.2. The molecule has 6 heteroatoms. The summed E-state index contributed by atoms with van der Waals surface area (Å²) in [5.74, 6) is 1.93. The number of benzene rings is 1. The first-order valence-corrected chi connectivity index (χ1v) is 9.64. The van der Waals surface area contributed by atoms with E-state index in [1.54, 1.807) is 7.05 Å². The molecule has 1 atom stereocenters. The van der Waals surface area contributed by atoms with Gasteiger partial charge in [0.05, 0.1) is 6.10 Å². The Kier molecular flexibility index (Phi) is 6.36. The van der Waals surface area contributed by atoms with Gasteiger partial charge in [-0.3, -0.25) is 9.79 Å². The van der Waals surface area contributed by atoms with Crippen LogP contribution in [0.25, 0.3) is 0 Å². The second kappa shape index (κ2) is 8.92. The Labute approximate surface area is 155 Å². The van der Waals surface area contributed by atoms with Crippen molar-refractivity contribution in [1.29, 1.82) is 0 Å². The molecule has 1 aromatic carbocycles. The molecule has 0 aromatic heterocycles. The Morgan fingerprint density at radius 3 is 2.81 bits per heavy atom. The van der Waals surface area contributed by atoms with E-state index in [2.05, 4.69) is 21.3 Å². The molecule has 0 radical (unpaired) electrons. The minimum absolute atomic E-state index is 0.220. The van der Waals surface area contributed by atoms with Gasteiger partial charge >= 0.3 is 0 Å². The summed E-state index contributed by atoms with van der Waals surface area (Å²) in [6.07, 6.45) is 6.49. The molecule has 3 N–H and O–H groups in total. The molecule has 1 saturated carbocycles. The summed E-state index contributed by atoms with van der Waals surface area (Å²) in [6, 6.07) is 8.20. The third-order valence-corrected chi connectivity index (χ3v) is 5.28. The number of carbonyl (C=O) groups excluding carboxylic acids is 1. The molecule has 0 bridgehead atoms. The molecule has 1 aromatic rings. The molecular formula is C20H30N4O2. The first kappa shape index (κ1) is 18.5. The number of aliphatic imine (C=N–C) groups is 1. The summed E-state index contributed by atoms with van der Waals surface area (Å²) in [6.45, 7) is 2.45. The van der Waals surface area contributed by atoms with E-state index in [-0.39, 0.29) is 5.91 Å². The molecule has 2 aliphatic rings. The summed E-state index contributed by atoms with van der Waals surface area (Å²) < 4.78 is 6.11. The highest BCUT2D eigenvalue weighted by Crippen LogP contribution is 2.27. The largest absolute Gasteiger partial charge is 0.490 e. The van der Waals surface area contributed by atoms with Crippen molar-refractivity contribution in [3.8, 4) is 5.75 Å². The molecular weight excluding hydrogens is 328 g/mol. The zero-order valence-corrected chi connectivity index (χ0v) is 15.6. The molecule has 2 fully saturated rings. The maximum absolute atomic E-state index is 11.2. The highest BCUT2D eigenvalue weighted by Gasteiger charge is 2.24. The van der Waals surface area contributed by atoms with Gasteiger partial charge in [0, 0.05) is 38.7 Å². The molecule has 26 heavy (non-hydrogen) atoms. The number of nitrogens with one attached hydrogen (secondary N) is 1. The van der Waals surface area contributed by atoms with Gasteiger partial charge in [0.2, 0.25) is 5.91 Å². The Bertz CT molecular complexity index is 642. The molecule has 1 saturated heterocycles. The Morgan fingerprint density at radius 1 is 1.31 bits per heavy atom. The second-order valence-electron chi connectivity index (χ2n) is 7.30. The smallest absolute Gasteiger partial charge is 0.217 e. The Hall–Kier alpha value is -2.24. The summed E-state index contributed by atoms with van der Waals surface area (Å²) in [5.41, 5.74) is 6.51. The fraction of sp³-hybridized carbons (Fsp3) is 0.600. The average Bonchev–Trinajstić information content (AvgIpc) is 2.59. The van der Waals surface area contributed by atoms with Crippen LogP contribution in [0.3, 0.4) is 0 Å². The first-order valence-electron chi connectivity index (χ1n) is 9.64. The van der Waals surface area contributed by atoms with E-state index < -0.39 is 0 Å². The zero-order chi connectivity index (χ0) is 18.4. The number of nitrogens with two attached hydrogens (primary N) is 1. The van der Waals surface area contributed by atoms with Gasteiger partial charge in [-0.25, -0.2) is 0 Å². The molecule has 1 aliphatic heterocycles. The number of rotatable bonds is 6. The van der Waals surface area contributed by atoms with Crippen molar-refractivity contribution >= 4 is 11.9 Å². The van der Waals surface area contributed by atoms with E-state index in [1.807, 2.05) is 18.2 Å². The van der Waals surface area contributed by atoms with E-state index >= 15 is 0 Å². The molecule has 1 aliphatic carbocycles. The van der Waals surface area contributed by atoms with Gasteiger partial charge < -0.3 is 20.7 Å². The zero-order valence-electron chi connectivity index (χ0n) is 15.6. The van der Waals surface area contributed by atoms with Crippen LogP contribution in [-0.4, -0.2) is 43.0 Å². The maximum atomic E-state index is 11.2. The summed E-state index contributed by atoms with van der Waals surface area (Å²) in [7, 11) is 1.80. The van der Waals surface area contributed by atoms with Crippen molar-refractivity contribution in [3.63, 3.8) is 0 Å². The second-order valence-corrected chi connectivity index (χ2v) is 7.30. The third-order valence-electron chi connectivity index (χ3n) is 5.28. The van der Waals surface area contributed by atoms with Crippen LogP contribution in [0.2, 0.25) is 0 Å². The number of ether oxygens (including phenoxy) is 1. The number of para-hydroxylation sites is 1. The van der Waals surface area contributed by atoms with Gasteiger partial charge in [-0.2, -0.15) is 0 Å². The fourth-order valence-corrected chi connectivity index (χ4v) is 3.65. The SMILES string of the molecule is CN=C(NCc1ccccc1OC1CCC1)N1CCCC(CC(N)=O)C1. The predicted octanol–water partition coefficient (Wildman–Crippen LogP) is 2.28. The van der Waals surface area contributed by atoms with Crippen molar-refractivity contribution in [2.24, 2.45) is 16.6 Å². The minimum Gasteiger partial charge on any atom is -0.490 e. The van der Waals surface area contributed by atoms with Crippen molar-refractivity contribution in [2.75, 3.05) is 20.1 Å². The Morgan fingerprint density at radius 2 is 2.12 bits per heavy atom.